The van der Waals surface area contributed by atoms with Gasteiger partial charge < -0.3 is 4.90 Å². The van der Waals surface area contributed by atoms with Gasteiger partial charge in [0, 0.05) is 30.9 Å². The first-order valence-corrected chi connectivity index (χ1v) is 5.28. The first kappa shape index (κ1) is 8.95. The highest BCUT2D eigenvalue weighted by Gasteiger charge is 2.22. The summed E-state index contributed by atoms with van der Waals surface area (Å²) in [7, 11) is 0. The minimum absolute atomic E-state index is 0.658. The molecule has 0 aliphatic carbocycles. The monoisotopic (exact) mass is 178 g/mol. The van der Waals surface area contributed by atoms with E-state index in [2.05, 4.69) is 29.1 Å². The molecule has 1 fully saturated rings. The molecule has 13 heavy (non-hydrogen) atoms. The highest BCUT2D eigenvalue weighted by atomic mass is 15.2. The summed E-state index contributed by atoms with van der Waals surface area (Å²) in [6.07, 6.45) is 10.1. The zero-order valence-electron chi connectivity index (χ0n) is 8.32. The molecule has 0 aromatic rings. The zero-order chi connectivity index (χ0) is 9.10. The van der Waals surface area contributed by atoms with E-state index >= 15 is 0 Å². The molecular formula is C11H18N2. The minimum Gasteiger partial charge on any atom is -0.300 e. The molecule has 2 unspecified atom stereocenters. The van der Waals surface area contributed by atoms with Crippen molar-refractivity contribution >= 4 is 6.21 Å². The minimum atomic E-state index is 0.658. The summed E-state index contributed by atoms with van der Waals surface area (Å²) in [5, 5.41) is 0. The number of nitrogens with zero attached hydrogens (tertiary/aromatic N) is 2. The van der Waals surface area contributed by atoms with Crippen LogP contribution in [-0.4, -0.2) is 30.2 Å². The number of aliphatic imine (C=N–C) groups is 1. The van der Waals surface area contributed by atoms with Crippen LogP contribution in [0.1, 0.15) is 26.2 Å². The predicted octanol–water partition coefficient (Wildman–Crippen LogP) is 2.08. The maximum absolute atomic E-state index is 4.19. The van der Waals surface area contributed by atoms with E-state index in [0.717, 1.165) is 6.04 Å². The van der Waals surface area contributed by atoms with Crippen molar-refractivity contribution in [3.8, 4) is 0 Å². The lowest BCUT2D eigenvalue weighted by Gasteiger charge is -2.24. The first-order valence-electron chi connectivity index (χ1n) is 5.28. The van der Waals surface area contributed by atoms with E-state index < -0.39 is 0 Å². The molecule has 2 aliphatic heterocycles. The molecule has 2 heterocycles. The summed E-state index contributed by atoms with van der Waals surface area (Å²) in [4.78, 5) is 6.79. The highest BCUT2D eigenvalue weighted by Crippen LogP contribution is 2.19. The van der Waals surface area contributed by atoms with Crippen molar-refractivity contribution in [1.82, 2.24) is 4.90 Å². The van der Waals surface area contributed by atoms with Crippen LogP contribution in [0.15, 0.2) is 17.3 Å². The van der Waals surface area contributed by atoms with Gasteiger partial charge in [-0.05, 0) is 32.7 Å². The van der Waals surface area contributed by atoms with Gasteiger partial charge in [0.25, 0.3) is 0 Å². The molecule has 0 spiro atoms. The van der Waals surface area contributed by atoms with E-state index in [4.69, 9.17) is 0 Å². The summed E-state index contributed by atoms with van der Waals surface area (Å²) in [6, 6.07) is 0.791. The lowest BCUT2D eigenvalue weighted by molar-refractivity contribution is 0.250. The average Bonchev–Trinajstić information content (AvgIpc) is 2.54. The Labute approximate surface area is 80.3 Å². The summed E-state index contributed by atoms with van der Waals surface area (Å²) in [5.41, 5.74) is 0. The van der Waals surface area contributed by atoms with Crippen LogP contribution in [-0.2, 0) is 0 Å². The van der Waals surface area contributed by atoms with E-state index in [0.29, 0.717) is 5.92 Å². The van der Waals surface area contributed by atoms with Gasteiger partial charge in [-0.25, -0.2) is 0 Å². The zero-order valence-corrected chi connectivity index (χ0v) is 8.32. The second kappa shape index (κ2) is 4.05. The quantitative estimate of drug-likeness (QED) is 0.632. The Morgan fingerprint density at radius 2 is 2.46 bits per heavy atom. The van der Waals surface area contributed by atoms with Crippen LogP contribution >= 0.6 is 0 Å². The van der Waals surface area contributed by atoms with E-state index in [1.54, 1.807) is 0 Å². The lowest BCUT2D eigenvalue weighted by atomic mass is 10.0. The Bertz CT molecular complexity index is 220. The molecule has 2 rings (SSSR count). The van der Waals surface area contributed by atoms with E-state index in [1.807, 2.05) is 6.20 Å². The van der Waals surface area contributed by atoms with Gasteiger partial charge in [0.05, 0.1) is 0 Å². The van der Waals surface area contributed by atoms with Gasteiger partial charge in [-0.1, -0.05) is 6.08 Å². The smallest absolute Gasteiger partial charge is 0.0224 e. The van der Waals surface area contributed by atoms with Gasteiger partial charge in [0.2, 0.25) is 0 Å². The standard InChI is InChI=1S/C11H18N2/c1-10-4-3-7-13(10)9-11-5-2-6-12-8-11/h2,6,8,10-11H,3-5,7,9H2,1H3. The van der Waals surface area contributed by atoms with Crippen LogP contribution in [0.5, 0.6) is 0 Å². The number of allylic oxidation sites excluding steroid dienone is 1. The molecule has 0 bridgehead atoms. The number of rotatable bonds is 2. The number of likely N-dealkylation sites (tertiary alicyclic amines) is 1. The molecular weight excluding hydrogens is 160 g/mol. The fraction of sp³-hybridized carbons (Fsp3) is 0.727. The first-order chi connectivity index (χ1) is 6.36. The van der Waals surface area contributed by atoms with E-state index in [9.17, 15) is 0 Å². The molecule has 0 saturated carbocycles. The third-order valence-corrected chi connectivity index (χ3v) is 3.09. The Balaban J connectivity index is 1.83. The molecule has 2 aliphatic rings. The number of hydrogen-bond acceptors (Lipinski definition) is 2. The fourth-order valence-corrected chi connectivity index (χ4v) is 2.22. The second-order valence-electron chi connectivity index (χ2n) is 4.16. The molecule has 0 aromatic heterocycles. The van der Waals surface area contributed by atoms with Crippen molar-refractivity contribution in [2.75, 3.05) is 13.1 Å². The Hall–Kier alpha value is -0.630. The van der Waals surface area contributed by atoms with Crippen LogP contribution in [0.4, 0.5) is 0 Å². The number of hydrogen-bond donors (Lipinski definition) is 0. The van der Waals surface area contributed by atoms with Crippen LogP contribution in [0.3, 0.4) is 0 Å². The van der Waals surface area contributed by atoms with Crippen LogP contribution in [0, 0.1) is 5.92 Å². The third kappa shape index (κ3) is 2.19. The van der Waals surface area contributed by atoms with Gasteiger partial charge >= 0.3 is 0 Å². The molecule has 72 valence electrons. The van der Waals surface area contributed by atoms with Crippen molar-refractivity contribution < 1.29 is 0 Å². The van der Waals surface area contributed by atoms with Crippen molar-refractivity contribution in [1.29, 1.82) is 0 Å². The Kier molecular flexibility index (Phi) is 2.79. The van der Waals surface area contributed by atoms with Crippen molar-refractivity contribution in [3.05, 3.63) is 12.3 Å². The Morgan fingerprint density at radius 3 is 3.08 bits per heavy atom. The van der Waals surface area contributed by atoms with Gasteiger partial charge in [-0.15, -0.1) is 0 Å². The van der Waals surface area contributed by atoms with Crippen molar-refractivity contribution in [2.24, 2.45) is 10.9 Å². The van der Waals surface area contributed by atoms with Gasteiger partial charge in [-0.3, -0.25) is 4.99 Å². The Morgan fingerprint density at radius 1 is 1.54 bits per heavy atom. The van der Waals surface area contributed by atoms with Crippen molar-refractivity contribution in [2.45, 2.75) is 32.2 Å². The molecule has 1 saturated heterocycles. The predicted molar refractivity (Wildman–Crippen MR) is 56.0 cm³/mol. The van der Waals surface area contributed by atoms with E-state index in [-0.39, 0.29) is 0 Å². The van der Waals surface area contributed by atoms with Gasteiger partial charge in [0.1, 0.15) is 0 Å². The normalized spacial score (nSPS) is 34.2. The summed E-state index contributed by atoms with van der Waals surface area (Å²) < 4.78 is 0. The molecule has 2 nitrogen and oxygen atoms in total. The third-order valence-electron chi connectivity index (χ3n) is 3.09. The van der Waals surface area contributed by atoms with Crippen LogP contribution in [0.25, 0.3) is 0 Å². The van der Waals surface area contributed by atoms with Crippen LogP contribution < -0.4 is 0 Å². The average molecular weight is 178 g/mol. The molecule has 2 heteroatoms. The summed E-state index contributed by atoms with van der Waals surface area (Å²) >= 11 is 0. The summed E-state index contributed by atoms with van der Waals surface area (Å²) in [5.74, 6) is 0.658. The molecule has 0 radical (unpaired) electrons. The molecule has 0 amide bonds. The molecule has 0 N–H and O–H groups in total. The molecule has 2 atom stereocenters. The van der Waals surface area contributed by atoms with Gasteiger partial charge in [0.15, 0.2) is 0 Å². The molecule has 0 aromatic carbocycles. The highest BCUT2D eigenvalue weighted by molar-refractivity contribution is 5.63. The van der Waals surface area contributed by atoms with Gasteiger partial charge in [-0.2, -0.15) is 0 Å². The lowest BCUT2D eigenvalue weighted by Crippen LogP contribution is -2.32. The van der Waals surface area contributed by atoms with Crippen LogP contribution in [0.2, 0.25) is 0 Å². The topological polar surface area (TPSA) is 15.6 Å². The SMILES string of the molecule is CC1CCCN1CC1C=NC=CC1. The fourth-order valence-electron chi connectivity index (χ4n) is 2.22. The van der Waals surface area contributed by atoms with Crippen molar-refractivity contribution in [3.63, 3.8) is 0 Å². The second-order valence-corrected chi connectivity index (χ2v) is 4.16. The maximum atomic E-state index is 4.19. The largest absolute Gasteiger partial charge is 0.300 e. The maximum Gasteiger partial charge on any atom is 0.0224 e. The summed E-state index contributed by atoms with van der Waals surface area (Å²) in [6.45, 7) is 4.83. The van der Waals surface area contributed by atoms with E-state index in [1.165, 1.54) is 32.4 Å².